The summed E-state index contributed by atoms with van der Waals surface area (Å²) in [5.41, 5.74) is 4.43. The second-order valence-corrected chi connectivity index (χ2v) is 8.92. The van der Waals surface area contributed by atoms with E-state index in [1.807, 2.05) is 43.3 Å². The van der Waals surface area contributed by atoms with Crippen molar-refractivity contribution in [1.82, 2.24) is 10.6 Å². The lowest BCUT2D eigenvalue weighted by Gasteiger charge is -2.21. The molecule has 2 aromatic carbocycles. The Labute approximate surface area is 194 Å². The second-order valence-electron chi connectivity index (χ2n) is 8.92. The Balaban J connectivity index is 1.63. The SMILES string of the molecule is CC(C)C(C)CNC(=O)C(CCC(=O)O)NC(=O)OCC1c2ccccc2-c2ccccc21. The average Bonchev–Trinajstić information content (AvgIpc) is 3.12. The molecule has 3 rings (SSSR count). The van der Waals surface area contributed by atoms with E-state index in [-0.39, 0.29) is 31.3 Å². The summed E-state index contributed by atoms with van der Waals surface area (Å²) >= 11 is 0. The summed E-state index contributed by atoms with van der Waals surface area (Å²) in [6.07, 6.45) is -0.984. The molecule has 0 spiro atoms. The maximum atomic E-state index is 12.6. The van der Waals surface area contributed by atoms with Crippen molar-refractivity contribution in [2.75, 3.05) is 13.2 Å². The van der Waals surface area contributed by atoms with Gasteiger partial charge >= 0.3 is 12.1 Å². The van der Waals surface area contributed by atoms with Gasteiger partial charge in [0, 0.05) is 18.9 Å². The first kappa shape index (κ1) is 24.3. The molecule has 2 amide bonds. The van der Waals surface area contributed by atoms with E-state index in [2.05, 4.69) is 36.6 Å². The van der Waals surface area contributed by atoms with Crippen LogP contribution in [0.5, 0.6) is 0 Å². The summed E-state index contributed by atoms with van der Waals surface area (Å²) in [5, 5.41) is 14.4. The number of hydrogen-bond acceptors (Lipinski definition) is 4. The topological polar surface area (TPSA) is 105 Å². The smallest absolute Gasteiger partial charge is 0.407 e. The predicted molar refractivity (Wildman–Crippen MR) is 126 cm³/mol. The fourth-order valence-electron chi connectivity index (χ4n) is 3.94. The van der Waals surface area contributed by atoms with Crippen LogP contribution in [0.2, 0.25) is 0 Å². The molecule has 1 aliphatic rings. The van der Waals surface area contributed by atoms with Crippen molar-refractivity contribution in [3.05, 3.63) is 59.7 Å². The summed E-state index contributed by atoms with van der Waals surface area (Å²) in [6.45, 7) is 6.72. The Morgan fingerprint density at radius 2 is 1.55 bits per heavy atom. The van der Waals surface area contributed by atoms with Gasteiger partial charge < -0.3 is 20.5 Å². The Morgan fingerprint density at radius 1 is 0.970 bits per heavy atom. The van der Waals surface area contributed by atoms with Crippen LogP contribution >= 0.6 is 0 Å². The zero-order chi connectivity index (χ0) is 24.0. The number of amides is 2. The van der Waals surface area contributed by atoms with Gasteiger partial charge in [0.2, 0.25) is 5.91 Å². The highest BCUT2D eigenvalue weighted by atomic mass is 16.5. The lowest BCUT2D eigenvalue weighted by molar-refractivity contribution is -0.137. The van der Waals surface area contributed by atoms with Gasteiger partial charge in [-0.1, -0.05) is 69.3 Å². The fourth-order valence-corrected chi connectivity index (χ4v) is 3.94. The number of fused-ring (bicyclic) bond motifs is 3. The Kier molecular flexibility index (Phi) is 8.09. The van der Waals surface area contributed by atoms with Crippen molar-refractivity contribution < 1.29 is 24.2 Å². The summed E-state index contributed by atoms with van der Waals surface area (Å²) < 4.78 is 5.51. The van der Waals surface area contributed by atoms with Crippen LogP contribution in [0, 0.1) is 11.8 Å². The quantitative estimate of drug-likeness (QED) is 0.502. The molecule has 2 aromatic rings. The van der Waals surface area contributed by atoms with Gasteiger partial charge in [0.15, 0.2) is 0 Å². The number of carbonyl (C=O) groups excluding carboxylic acids is 2. The first-order valence-corrected chi connectivity index (χ1v) is 11.4. The van der Waals surface area contributed by atoms with Crippen molar-refractivity contribution in [2.24, 2.45) is 11.8 Å². The molecule has 0 aliphatic heterocycles. The second kappa shape index (κ2) is 11.0. The fraction of sp³-hybridized carbons (Fsp3) is 0.423. The van der Waals surface area contributed by atoms with Crippen molar-refractivity contribution in [1.29, 1.82) is 0 Å². The molecule has 176 valence electrons. The predicted octanol–water partition coefficient (Wildman–Crippen LogP) is 4.17. The van der Waals surface area contributed by atoms with E-state index >= 15 is 0 Å². The third-order valence-electron chi connectivity index (χ3n) is 6.34. The third kappa shape index (κ3) is 6.12. The molecule has 0 bridgehead atoms. The number of carboxylic acid groups (broad SMARTS) is 1. The molecule has 0 radical (unpaired) electrons. The normalized spacial score (nSPS) is 14.2. The highest BCUT2D eigenvalue weighted by molar-refractivity contribution is 5.86. The number of ether oxygens (including phenoxy) is 1. The number of aliphatic carboxylic acids is 1. The molecule has 1 aliphatic carbocycles. The summed E-state index contributed by atoms with van der Waals surface area (Å²) in [5.74, 6) is -0.891. The minimum Gasteiger partial charge on any atom is -0.481 e. The largest absolute Gasteiger partial charge is 0.481 e. The number of benzene rings is 2. The molecule has 2 atom stereocenters. The first-order valence-electron chi connectivity index (χ1n) is 11.4. The highest BCUT2D eigenvalue weighted by Crippen LogP contribution is 2.44. The van der Waals surface area contributed by atoms with E-state index in [1.165, 1.54) is 0 Å². The number of carboxylic acids is 1. The van der Waals surface area contributed by atoms with E-state index in [0.29, 0.717) is 12.5 Å². The van der Waals surface area contributed by atoms with Crippen LogP contribution in [0.15, 0.2) is 48.5 Å². The van der Waals surface area contributed by atoms with Gasteiger partial charge in [-0.25, -0.2) is 4.79 Å². The van der Waals surface area contributed by atoms with Gasteiger partial charge in [0.1, 0.15) is 12.6 Å². The number of rotatable bonds is 10. The van der Waals surface area contributed by atoms with Gasteiger partial charge in [-0.15, -0.1) is 0 Å². The molecular weight excluding hydrogens is 420 g/mol. The van der Waals surface area contributed by atoms with E-state index in [4.69, 9.17) is 9.84 Å². The molecule has 33 heavy (non-hydrogen) atoms. The van der Waals surface area contributed by atoms with Crippen LogP contribution < -0.4 is 10.6 Å². The molecule has 7 heteroatoms. The van der Waals surface area contributed by atoms with E-state index in [9.17, 15) is 14.4 Å². The van der Waals surface area contributed by atoms with Gasteiger partial charge in [-0.3, -0.25) is 9.59 Å². The number of carbonyl (C=O) groups is 3. The standard InChI is InChI=1S/C26H32N2O5/c1-16(2)17(3)14-27-25(31)23(12-13-24(29)30)28-26(32)33-15-22-20-10-6-4-8-18(20)19-9-5-7-11-21(19)22/h4-11,16-17,22-23H,12-15H2,1-3H3,(H,27,31)(H,28,32)(H,29,30). The Bertz CT molecular complexity index is 958. The van der Waals surface area contributed by atoms with Crippen molar-refractivity contribution >= 4 is 18.0 Å². The van der Waals surface area contributed by atoms with E-state index in [0.717, 1.165) is 22.3 Å². The molecule has 0 saturated carbocycles. The Hall–Kier alpha value is -3.35. The molecular formula is C26H32N2O5. The van der Waals surface area contributed by atoms with Crippen LogP contribution in [0.25, 0.3) is 11.1 Å². The van der Waals surface area contributed by atoms with Crippen molar-refractivity contribution in [3.63, 3.8) is 0 Å². The van der Waals surface area contributed by atoms with Gasteiger partial charge in [-0.05, 0) is 40.5 Å². The maximum Gasteiger partial charge on any atom is 0.407 e. The minimum absolute atomic E-state index is 0.0125. The van der Waals surface area contributed by atoms with E-state index < -0.39 is 24.0 Å². The van der Waals surface area contributed by atoms with Crippen LogP contribution in [-0.4, -0.2) is 42.3 Å². The molecule has 2 unspecified atom stereocenters. The molecule has 0 fully saturated rings. The lowest BCUT2D eigenvalue weighted by atomic mass is 9.98. The third-order valence-corrected chi connectivity index (χ3v) is 6.34. The van der Waals surface area contributed by atoms with Crippen LogP contribution in [0.1, 0.15) is 50.7 Å². The van der Waals surface area contributed by atoms with Gasteiger partial charge in [0.25, 0.3) is 0 Å². The first-order chi connectivity index (χ1) is 15.8. The van der Waals surface area contributed by atoms with Crippen molar-refractivity contribution in [3.8, 4) is 11.1 Å². The van der Waals surface area contributed by atoms with E-state index in [1.54, 1.807) is 0 Å². The lowest BCUT2D eigenvalue weighted by Crippen LogP contribution is -2.48. The molecule has 0 saturated heterocycles. The molecule has 0 aromatic heterocycles. The molecule has 3 N–H and O–H groups in total. The number of hydrogen-bond donors (Lipinski definition) is 3. The summed E-state index contributed by atoms with van der Waals surface area (Å²) in [4.78, 5) is 36.2. The maximum absolute atomic E-state index is 12.6. The van der Waals surface area contributed by atoms with Crippen molar-refractivity contribution in [2.45, 2.75) is 45.6 Å². The van der Waals surface area contributed by atoms with Gasteiger partial charge in [0.05, 0.1) is 0 Å². The monoisotopic (exact) mass is 452 g/mol. The molecule has 0 heterocycles. The van der Waals surface area contributed by atoms with Crippen LogP contribution in [0.4, 0.5) is 4.79 Å². The van der Waals surface area contributed by atoms with Crippen LogP contribution in [0.3, 0.4) is 0 Å². The summed E-state index contributed by atoms with van der Waals surface area (Å²) in [7, 11) is 0. The van der Waals surface area contributed by atoms with Crippen LogP contribution in [-0.2, 0) is 14.3 Å². The summed E-state index contributed by atoms with van der Waals surface area (Å²) in [6, 6.07) is 15.1. The number of nitrogens with one attached hydrogen (secondary N) is 2. The molecule has 7 nitrogen and oxygen atoms in total. The average molecular weight is 453 g/mol. The zero-order valence-corrected chi connectivity index (χ0v) is 19.3. The number of alkyl carbamates (subject to hydrolysis) is 1. The zero-order valence-electron chi connectivity index (χ0n) is 19.3. The highest BCUT2D eigenvalue weighted by Gasteiger charge is 2.30. The van der Waals surface area contributed by atoms with Gasteiger partial charge in [-0.2, -0.15) is 0 Å². The Morgan fingerprint density at radius 3 is 2.09 bits per heavy atom. The minimum atomic E-state index is -1.03.